The van der Waals surface area contributed by atoms with Gasteiger partial charge in [-0.2, -0.15) is 0 Å². The van der Waals surface area contributed by atoms with Crippen molar-refractivity contribution in [3.05, 3.63) is 0 Å². The van der Waals surface area contributed by atoms with Crippen LogP contribution in [0.5, 0.6) is 0 Å². The molecule has 0 aromatic rings. The zero-order valence-electron chi connectivity index (χ0n) is 54.0. The zero-order valence-corrected chi connectivity index (χ0v) is 54.0. The first-order valence-electron chi connectivity index (χ1n) is 33.2. The maximum absolute atomic E-state index is 13.8. The molecule has 21 heteroatoms. The molecule has 2 aliphatic rings. The third kappa shape index (κ3) is 35.3. The van der Waals surface area contributed by atoms with Crippen LogP contribution >= 0.6 is 0 Å². The first-order valence-corrected chi connectivity index (χ1v) is 33.2. The van der Waals surface area contributed by atoms with Crippen molar-refractivity contribution in [2.75, 3.05) is 19.8 Å². The average Bonchev–Trinajstić information content (AvgIpc) is 1.16. The Bertz CT molecular complexity index is 1860. The fourth-order valence-corrected chi connectivity index (χ4v) is 11.2. The number of carbonyl (C=O) groups excluding carboxylic acids is 7. The molecule has 0 aromatic carbocycles. The molecule has 2 saturated heterocycles. The van der Waals surface area contributed by atoms with E-state index in [9.17, 15) is 48.9 Å². The molecule has 0 aromatic heterocycles. The van der Waals surface area contributed by atoms with Crippen molar-refractivity contribution >= 4 is 41.7 Å². The van der Waals surface area contributed by atoms with Gasteiger partial charge in [0.1, 0.15) is 18.3 Å². The number of ether oxygens (including phenoxy) is 10. The summed E-state index contributed by atoms with van der Waals surface area (Å²) in [6.45, 7) is 9.30. The van der Waals surface area contributed by atoms with Crippen LogP contribution in [0.1, 0.15) is 274 Å². The number of nitrogens with one attached hydrogen (secondary N) is 1. The molecule has 21 nitrogen and oxygen atoms in total. The quantitative estimate of drug-likeness (QED) is 0.0250. The van der Waals surface area contributed by atoms with Gasteiger partial charge in [0.2, 0.25) is 5.91 Å². The third-order valence-electron chi connectivity index (χ3n) is 15.8. The lowest BCUT2D eigenvalue weighted by Gasteiger charge is -2.45. The molecule has 2 fully saturated rings. The van der Waals surface area contributed by atoms with Crippen molar-refractivity contribution in [2.45, 2.75) is 353 Å². The molecule has 2 aliphatic heterocycles. The van der Waals surface area contributed by atoms with Crippen LogP contribution in [0.2, 0.25) is 0 Å². The minimum atomic E-state index is -1.73. The number of aliphatic hydroxyl groups is 3. The normalized spacial score (nSPS) is 22.6. The Morgan fingerprint density at radius 2 is 0.767 bits per heavy atom. The van der Waals surface area contributed by atoms with E-state index < -0.39 is 141 Å². The van der Waals surface area contributed by atoms with Crippen LogP contribution in [-0.2, 0) is 80.9 Å². The average molecular weight is 1230 g/mol. The first-order chi connectivity index (χ1) is 41.3. The van der Waals surface area contributed by atoms with Crippen LogP contribution in [0.3, 0.4) is 0 Å². The maximum Gasteiger partial charge on any atom is 0.303 e. The van der Waals surface area contributed by atoms with Crippen LogP contribution in [-0.4, -0.2) is 157 Å². The van der Waals surface area contributed by atoms with Crippen molar-refractivity contribution < 1.29 is 96.2 Å². The lowest BCUT2D eigenvalue weighted by Crippen LogP contribution is -2.64. The van der Waals surface area contributed by atoms with Gasteiger partial charge in [0.05, 0.1) is 32.0 Å². The number of rotatable bonds is 50. The second-order valence-corrected chi connectivity index (χ2v) is 23.8. The highest BCUT2D eigenvalue weighted by atomic mass is 16.8. The lowest BCUT2D eigenvalue weighted by atomic mass is 9.97. The molecule has 2 rings (SSSR count). The van der Waals surface area contributed by atoms with Crippen molar-refractivity contribution in [1.29, 1.82) is 0 Å². The predicted octanol–water partition coefficient (Wildman–Crippen LogP) is 10.6. The van der Waals surface area contributed by atoms with Gasteiger partial charge < -0.3 is 68.0 Å². The van der Waals surface area contributed by atoms with Gasteiger partial charge in [0.25, 0.3) is 0 Å². The molecule has 0 spiro atoms. The summed E-state index contributed by atoms with van der Waals surface area (Å²) in [5, 5.41) is 37.1. The monoisotopic (exact) mass is 1230 g/mol. The summed E-state index contributed by atoms with van der Waals surface area (Å²) in [5.74, 6) is -5.89. The summed E-state index contributed by atoms with van der Waals surface area (Å²) in [6, 6.07) is -1.39. The number of hydrogen-bond donors (Lipinski definition) is 4. The largest absolute Gasteiger partial charge is 0.456 e. The first kappa shape index (κ1) is 78.1. The van der Waals surface area contributed by atoms with E-state index in [4.69, 9.17) is 47.4 Å². The SMILES string of the molecule is CCCCCCCCCCCCCCCCCCCCCC[C@@H](O)C(=O)N[C@@H](CO[C@@H]1O[C@H](CO[C@@H]2OC[C@@H](OC(C)=O)[C@@H](OC(C)=O)[C@@H]2OC(C)=O)[C@@H](OC(C)=O)[C@H](OC(C)=O)[C@H]1OC(C)=O)[C@H](O)[C@H](O)CCCCCCCCCCCCCC. The Morgan fingerprint density at radius 1 is 0.419 bits per heavy atom. The van der Waals surface area contributed by atoms with Gasteiger partial charge in [0.15, 0.2) is 49.2 Å². The number of amides is 1. The number of aliphatic hydroxyl groups excluding tert-OH is 3. The van der Waals surface area contributed by atoms with Crippen LogP contribution in [0, 0.1) is 0 Å². The van der Waals surface area contributed by atoms with Gasteiger partial charge in [0, 0.05) is 41.5 Å². The van der Waals surface area contributed by atoms with E-state index in [1.165, 1.54) is 141 Å². The van der Waals surface area contributed by atoms with Gasteiger partial charge in [-0.1, -0.05) is 219 Å². The highest BCUT2D eigenvalue weighted by Gasteiger charge is 2.54. The zero-order chi connectivity index (χ0) is 63.5. The Kier molecular flexibility index (Phi) is 43.5. The molecule has 0 bridgehead atoms. The molecule has 0 radical (unpaired) electrons. The molecule has 1 amide bonds. The molecular formula is C65H115NO20. The van der Waals surface area contributed by atoms with Crippen molar-refractivity contribution in [3.63, 3.8) is 0 Å². The topological polar surface area (TPSA) is 285 Å². The minimum Gasteiger partial charge on any atom is -0.456 e. The summed E-state index contributed by atoms with van der Waals surface area (Å²) in [5.41, 5.74) is 0. The maximum atomic E-state index is 13.8. The number of unbranched alkanes of at least 4 members (excludes halogenated alkanes) is 30. The highest BCUT2D eigenvalue weighted by molar-refractivity contribution is 5.80. The summed E-state index contributed by atoms with van der Waals surface area (Å²) >= 11 is 0. The molecule has 0 unspecified atom stereocenters. The van der Waals surface area contributed by atoms with E-state index in [-0.39, 0.29) is 12.8 Å². The number of hydrogen-bond acceptors (Lipinski definition) is 20. The number of carbonyl (C=O) groups is 7. The fraction of sp³-hybridized carbons (Fsp3) is 0.892. The van der Waals surface area contributed by atoms with Crippen molar-refractivity contribution in [3.8, 4) is 0 Å². The minimum absolute atomic E-state index is 0.147. The molecule has 86 heavy (non-hydrogen) atoms. The van der Waals surface area contributed by atoms with E-state index in [2.05, 4.69) is 19.2 Å². The van der Waals surface area contributed by atoms with E-state index in [0.717, 1.165) is 92.9 Å². The number of esters is 6. The molecule has 0 saturated carbocycles. The van der Waals surface area contributed by atoms with Crippen molar-refractivity contribution in [1.82, 2.24) is 5.32 Å². The van der Waals surface area contributed by atoms with Crippen LogP contribution in [0.25, 0.3) is 0 Å². The summed E-state index contributed by atoms with van der Waals surface area (Å²) in [4.78, 5) is 88.7. The summed E-state index contributed by atoms with van der Waals surface area (Å²) < 4.78 is 57.7. The van der Waals surface area contributed by atoms with E-state index >= 15 is 0 Å². The Labute approximate surface area is 514 Å². The van der Waals surface area contributed by atoms with E-state index in [1.54, 1.807) is 0 Å². The Morgan fingerprint density at radius 3 is 1.17 bits per heavy atom. The molecule has 13 atom stereocenters. The second-order valence-electron chi connectivity index (χ2n) is 23.8. The summed E-state index contributed by atoms with van der Waals surface area (Å²) in [7, 11) is 0. The molecule has 4 N–H and O–H groups in total. The Hall–Kier alpha value is -3.99. The standard InChI is InChI=1S/C65H115NO20/c1-9-11-13-15-17-19-21-23-24-25-26-27-28-29-30-32-34-36-38-40-42-54(74)63(76)66-52(57(75)53(73)41-39-37-35-33-31-22-20-18-16-14-12-10-2)43-77-65-62(85-51(8)72)60(83-49(6)70)58(81-47(4)68)56(86-65)45-79-64-61(84-50(7)71)59(82-48(5)69)55(44-78-64)80-46(3)67/h52-62,64-65,73-75H,9-45H2,1-8H3,(H,66,76)/t52-,53+,54+,55+,56+,57-,58+,59+,60-,61-,62+,64-,65+/m0/s1. The molecular weight excluding hydrogens is 1110 g/mol. The van der Waals surface area contributed by atoms with E-state index in [0.29, 0.717) is 12.8 Å². The van der Waals surface area contributed by atoms with Crippen LogP contribution < -0.4 is 5.32 Å². The van der Waals surface area contributed by atoms with Gasteiger partial charge in [-0.15, -0.1) is 0 Å². The third-order valence-corrected chi connectivity index (χ3v) is 15.8. The van der Waals surface area contributed by atoms with Gasteiger partial charge in [-0.3, -0.25) is 33.6 Å². The van der Waals surface area contributed by atoms with Crippen LogP contribution in [0.4, 0.5) is 0 Å². The van der Waals surface area contributed by atoms with Gasteiger partial charge in [-0.05, 0) is 12.8 Å². The highest BCUT2D eigenvalue weighted by Crippen LogP contribution is 2.32. The summed E-state index contributed by atoms with van der Waals surface area (Å²) in [6.07, 6.45) is 19.6. The van der Waals surface area contributed by atoms with E-state index in [1.807, 2.05) is 0 Å². The Balaban J connectivity index is 2.21. The van der Waals surface area contributed by atoms with Gasteiger partial charge in [-0.25, -0.2) is 0 Å². The van der Waals surface area contributed by atoms with Gasteiger partial charge >= 0.3 is 35.8 Å². The smallest absolute Gasteiger partial charge is 0.303 e. The fourth-order valence-electron chi connectivity index (χ4n) is 11.2. The predicted molar refractivity (Wildman–Crippen MR) is 322 cm³/mol. The molecule has 500 valence electrons. The lowest BCUT2D eigenvalue weighted by molar-refractivity contribution is -0.326. The molecule has 0 aliphatic carbocycles. The molecule has 2 heterocycles. The van der Waals surface area contributed by atoms with Crippen molar-refractivity contribution in [2.24, 2.45) is 0 Å². The second kappa shape index (κ2) is 47.9. The van der Waals surface area contributed by atoms with Crippen LogP contribution in [0.15, 0.2) is 0 Å².